The van der Waals surface area contributed by atoms with Crippen LogP contribution in [0.25, 0.3) is 0 Å². The van der Waals surface area contributed by atoms with Crippen molar-refractivity contribution in [3.8, 4) is 0 Å². The van der Waals surface area contributed by atoms with Crippen LogP contribution in [0.5, 0.6) is 0 Å². The van der Waals surface area contributed by atoms with E-state index in [4.69, 9.17) is 20.4 Å². The van der Waals surface area contributed by atoms with Crippen LogP contribution in [-0.2, 0) is 0 Å². The lowest BCUT2D eigenvalue weighted by molar-refractivity contribution is -0.0713. The molecule has 0 aromatic heterocycles. The largest absolute Gasteiger partial charge is 0.393 e. The first-order valence-corrected chi connectivity index (χ1v) is 24.1. The van der Waals surface area contributed by atoms with Gasteiger partial charge in [0.2, 0.25) is 0 Å². The zero-order valence-corrected chi connectivity index (χ0v) is 40.0. The second-order valence-corrected chi connectivity index (χ2v) is 22.5. The fraction of sp³-hybridized carbons (Fsp3) is 1.00. The Bertz CT molecular complexity index is 980. The number of aliphatic hydroxyl groups is 7. The Morgan fingerprint density at radius 3 is 0.895 bits per heavy atom. The highest BCUT2D eigenvalue weighted by Gasteiger charge is 2.39. The van der Waals surface area contributed by atoms with E-state index in [1.807, 2.05) is 13.8 Å². The van der Waals surface area contributed by atoms with Gasteiger partial charge >= 0.3 is 0 Å². The molecule has 7 heteroatoms. The number of hydrogen-bond donors (Lipinski definition) is 7. The van der Waals surface area contributed by atoms with E-state index in [-0.39, 0.29) is 29.5 Å². The van der Waals surface area contributed by atoms with Gasteiger partial charge in [0.05, 0.1) is 41.7 Å². The topological polar surface area (TPSA) is 142 Å². The fourth-order valence-electron chi connectivity index (χ4n) is 9.58. The molecule has 6 rings (SSSR count). The lowest BCUT2D eigenvalue weighted by Crippen LogP contribution is -2.42. The number of aliphatic hydroxyl groups excluding tert-OH is 5. The molecule has 0 amide bonds. The molecular weight excluding hydrogens is 713 g/mol. The van der Waals surface area contributed by atoms with Crippen molar-refractivity contribution in [2.24, 2.45) is 71.0 Å². The predicted molar refractivity (Wildman–Crippen MR) is 240 cm³/mol. The quantitative estimate of drug-likeness (QED) is 0.142. The summed E-state index contributed by atoms with van der Waals surface area (Å²) >= 11 is 0. The molecule has 4 atom stereocenters. The smallest absolute Gasteiger partial charge is 0.0802 e. The maximum absolute atomic E-state index is 9.67. The standard InChI is InChI=1S/C10H20O.C9H18O.C8H16O2.2C8H16O.C7H14O/c1-8(2)9-4-6-10(3,11)7-5-9;1-7(2)8-3-5-9(10)6-4-8;1-5(2)6-3-7(9)8(10)4-6;1-6(2)7-4-8(3,9)5-7;1-6(2)7-3-4-8(9)5-7;1-5(2)6-3-7(8)4-6/h8-9,11H,4-7H2,1-3H3;7-10H,3-6H2,1-2H3;5-10H,3-4H2,1-2H3;6-7,9H,4-5H2,1-3H3;6-9H,3-5H2,1-2H3;5-8H,3-4H2,1-2H3. The molecule has 0 aromatic rings. The van der Waals surface area contributed by atoms with Crippen LogP contribution in [0.4, 0.5) is 0 Å². The molecule has 4 unspecified atom stereocenters. The molecule has 7 nitrogen and oxygen atoms in total. The van der Waals surface area contributed by atoms with Gasteiger partial charge in [0.15, 0.2) is 0 Å². The molecule has 6 fully saturated rings. The minimum atomic E-state index is -0.465. The lowest BCUT2D eigenvalue weighted by Gasteiger charge is -2.43. The van der Waals surface area contributed by atoms with Gasteiger partial charge in [-0.2, -0.15) is 0 Å². The van der Waals surface area contributed by atoms with E-state index in [9.17, 15) is 15.3 Å². The zero-order valence-electron chi connectivity index (χ0n) is 40.0. The van der Waals surface area contributed by atoms with Crippen LogP contribution in [0, 0.1) is 71.0 Å². The minimum Gasteiger partial charge on any atom is -0.393 e. The van der Waals surface area contributed by atoms with Crippen molar-refractivity contribution < 1.29 is 35.7 Å². The van der Waals surface area contributed by atoms with E-state index in [1.165, 1.54) is 32.1 Å². The molecule has 0 saturated heterocycles. The van der Waals surface area contributed by atoms with Gasteiger partial charge in [-0.15, -0.1) is 0 Å². The van der Waals surface area contributed by atoms with Crippen molar-refractivity contribution in [2.75, 3.05) is 0 Å². The Labute approximate surface area is 353 Å². The normalized spacial score (nSPS) is 38.7. The zero-order chi connectivity index (χ0) is 43.8. The second kappa shape index (κ2) is 26.3. The summed E-state index contributed by atoms with van der Waals surface area (Å²) in [6, 6.07) is 0. The van der Waals surface area contributed by atoms with Crippen molar-refractivity contribution >= 4 is 0 Å². The highest BCUT2D eigenvalue weighted by atomic mass is 16.3. The van der Waals surface area contributed by atoms with Gasteiger partial charge in [-0.05, 0) is 194 Å². The van der Waals surface area contributed by atoms with Crippen LogP contribution in [0.3, 0.4) is 0 Å². The summed E-state index contributed by atoms with van der Waals surface area (Å²) in [5, 5.41) is 64.6. The molecule has 0 radical (unpaired) electrons. The maximum atomic E-state index is 9.67. The van der Waals surface area contributed by atoms with Gasteiger partial charge < -0.3 is 35.7 Å². The predicted octanol–water partition coefficient (Wildman–Crippen LogP) is 10.6. The molecule has 0 heterocycles. The fourth-order valence-corrected chi connectivity index (χ4v) is 9.58. The third kappa shape index (κ3) is 22.4. The third-order valence-corrected chi connectivity index (χ3v) is 15.0. The van der Waals surface area contributed by atoms with E-state index >= 15 is 0 Å². The first-order chi connectivity index (χ1) is 26.2. The number of rotatable bonds is 6. The average Bonchev–Trinajstić information content (AvgIpc) is 3.68. The summed E-state index contributed by atoms with van der Waals surface area (Å²) in [6.07, 6.45) is 17.0. The van der Waals surface area contributed by atoms with Crippen molar-refractivity contribution in [3.05, 3.63) is 0 Å². The molecule has 6 aliphatic carbocycles. The summed E-state index contributed by atoms with van der Waals surface area (Å²) in [4.78, 5) is 0. The van der Waals surface area contributed by atoms with Crippen LogP contribution in [0.2, 0.25) is 0 Å². The average molecular weight is 813 g/mol. The molecule has 6 aliphatic rings. The molecule has 0 bridgehead atoms. The monoisotopic (exact) mass is 813 g/mol. The van der Waals surface area contributed by atoms with E-state index in [0.29, 0.717) is 11.8 Å². The van der Waals surface area contributed by atoms with Crippen LogP contribution in [0.1, 0.15) is 206 Å². The molecular formula is C50H100O7. The molecule has 57 heavy (non-hydrogen) atoms. The van der Waals surface area contributed by atoms with Crippen LogP contribution >= 0.6 is 0 Å². The lowest BCUT2D eigenvalue weighted by atomic mass is 9.67. The van der Waals surface area contributed by atoms with Crippen molar-refractivity contribution in [1.82, 2.24) is 0 Å². The molecule has 6 saturated carbocycles. The summed E-state index contributed by atoms with van der Waals surface area (Å²) in [5.74, 6) is 9.13. The van der Waals surface area contributed by atoms with Crippen molar-refractivity contribution in [1.29, 1.82) is 0 Å². The minimum absolute atomic E-state index is 0.00926. The van der Waals surface area contributed by atoms with Gasteiger partial charge in [0, 0.05) is 0 Å². The molecule has 0 spiro atoms. The Hall–Kier alpha value is -0.280. The molecule has 0 aromatic carbocycles. The van der Waals surface area contributed by atoms with Gasteiger partial charge in [-0.25, -0.2) is 0 Å². The SMILES string of the molecule is CC(C)C1CC(C)(O)C1.CC(C)C1CC(O)C(O)C1.CC(C)C1CC(O)C1.CC(C)C1CCC(C)(O)CC1.CC(C)C1CCC(O)C1.CC(C)C1CCC(O)CC1. The van der Waals surface area contributed by atoms with Crippen LogP contribution < -0.4 is 0 Å². The Morgan fingerprint density at radius 1 is 0.333 bits per heavy atom. The first-order valence-electron chi connectivity index (χ1n) is 24.1. The van der Waals surface area contributed by atoms with E-state index in [2.05, 4.69) is 83.1 Å². The summed E-state index contributed by atoms with van der Waals surface area (Å²) in [6.45, 7) is 30.6. The second-order valence-electron chi connectivity index (χ2n) is 22.5. The highest BCUT2D eigenvalue weighted by Crippen LogP contribution is 2.41. The first kappa shape index (κ1) is 54.7. The molecule has 7 N–H and O–H groups in total. The Balaban J connectivity index is 0.000000343. The van der Waals surface area contributed by atoms with Gasteiger partial charge in [0.25, 0.3) is 0 Å². The summed E-state index contributed by atoms with van der Waals surface area (Å²) in [5.41, 5.74) is -0.680. The van der Waals surface area contributed by atoms with Gasteiger partial charge in [-0.1, -0.05) is 83.1 Å². The van der Waals surface area contributed by atoms with Crippen molar-refractivity contribution in [3.63, 3.8) is 0 Å². The maximum Gasteiger partial charge on any atom is 0.0802 e. The van der Waals surface area contributed by atoms with E-state index in [1.54, 1.807) is 0 Å². The Morgan fingerprint density at radius 2 is 0.649 bits per heavy atom. The van der Waals surface area contributed by atoms with Crippen LogP contribution in [0.15, 0.2) is 0 Å². The van der Waals surface area contributed by atoms with Gasteiger partial charge in [-0.3, -0.25) is 0 Å². The molecule has 342 valence electrons. The van der Waals surface area contributed by atoms with Crippen LogP contribution in [-0.4, -0.2) is 77.5 Å². The summed E-state index contributed by atoms with van der Waals surface area (Å²) in [7, 11) is 0. The molecule has 0 aliphatic heterocycles. The Kier molecular flexibility index (Phi) is 25.2. The third-order valence-electron chi connectivity index (χ3n) is 15.0. The highest BCUT2D eigenvalue weighted by molar-refractivity contribution is 4.91. The van der Waals surface area contributed by atoms with Crippen molar-refractivity contribution in [2.45, 2.75) is 248 Å². The summed E-state index contributed by atoms with van der Waals surface area (Å²) < 4.78 is 0. The van der Waals surface area contributed by atoms with E-state index < -0.39 is 12.2 Å². The number of hydrogen-bond acceptors (Lipinski definition) is 7. The van der Waals surface area contributed by atoms with Gasteiger partial charge in [0.1, 0.15) is 0 Å². The van der Waals surface area contributed by atoms with E-state index in [0.717, 1.165) is 136 Å².